The second kappa shape index (κ2) is 40.3. The standard InChI is InChI=1S/C23H16ClFIN5O7.C16H21FN6O7.C11H16FN7O5.C11H15FN6O6/c24-14-8-4-7-13(9-14)20(33)36-11-23(29-30-27)17(37-21(34)12-5-2-1-3-6-12)16(25)19(38-23)31-10-15(26)18(32)28-22(31)35;1-4-16(21-22-18)12(29-9(3)25)11(17)14(30-16)23-7-10(13(26)20-15(23)27)19-5-6-28-8(2)24;12-6-7(22)11(4-21,17-18-14)24-9(6)19-3-5(15-1-2-20)8(13)16-10(19)23;12-6-7(21)11(4-20,16-17-13)24-9(6)18-3-5(14-1-2-19)8(22)15-10(18)23/h1-10,16-17,19H,11H2,(H,28,32,35);7,11-12,14,19H,4-6H2,1-3H3,(H,20,26,27);3,6-7,9,15,20-22H,1-2,4H2,(H2,13,16,23);3,6-7,9,14,19-21H,1-2,4H2,(H,15,22,23)/t16-,17-,19+,23+;11-,12-,14+,16+;2*6-,7-,9+,11+/m0000/s1. The zero-order chi connectivity index (χ0) is 85.7. The van der Waals surface area contributed by atoms with Crippen molar-refractivity contribution in [2.24, 2.45) is 20.5 Å². The van der Waals surface area contributed by atoms with Gasteiger partial charge in [-0.1, -0.05) is 63.2 Å². The number of aromatic amines is 3. The molecule has 16 atom stereocenters. The molecular formula is C61H68ClF4IN24O25. The van der Waals surface area contributed by atoms with E-state index in [0.717, 1.165) is 36.3 Å². The number of azide groups is 4. The van der Waals surface area contributed by atoms with Crippen molar-refractivity contribution >= 4 is 80.9 Å². The number of rotatable bonds is 27. The predicted molar refractivity (Wildman–Crippen MR) is 393 cm³/mol. The Morgan fingerprint density at radius 1 is 0.578 bits per heavy atom. The molecule has 624 valence electrons. The zero-order valence-corrected chi connectivity index (χ0v) is 62.8. The van der Waals surface area contributed by atoms with E-state index in [4.69, 9.17) is 82.0 Å². The quantitative estimate of drug-likeness (QED) is 0.00502. The summed E-state index contributed by atoms with van der Waals surface area (Å²) in [7, 11) is 0. The number of hydrogen-bond donors (Lipinski definition) is 13. The Bertz CT molecular complexity index is 5220. The Morgan fingerprint density at radius 2 is 1.01 bits per heavy atom. The molecule has 0 spiro atoms. The Kier molecular flexibility index (Phi) is 31.7. The number of H-pyrrole nitrogens is 3. The normalized spacial score (nSPS) is 26.0. The van der Waals surface area contributed by atoms with Gasteiger partial charge < -0.3 is 90.2 Å². The van der Waals surface area contributed by atoms with Crippen LogP contribution in [0.3, 0.4) is 0 Å². The first-order valence-electron chi connectivity index (χ1n) is 33.2. The second-order valence-corrected chi connectivity index (χ2v) is 25.8. The summed E-state index contributed by atoms with van der Waals surface area (Å²) in [4.78, 5) is 151. The smallest absolute Gasteiger partial charge is 0.351 e. The molecule has 4 fully saturated rings. The number of nitrogens with two attached hydrogens (primary N) is 1. The minimum Gasteiger partial charge on any atom is -0.464 e. The van der Waals surface area contributed by atoms with Gasteiger partial charge in [-0.05, 0) is 81.5 Å². The number of carbonyl (C=O) groups excluding carboxylic acids is 4. The lowest BCUT2D eigenvalue weighted by Crippen LogP contribution is -2.47. The van der Waals surface area contributed by atoms with Gasteiger partial charge in [-0.3, -0.25) is 57.2 Å². The van der Waals surface area contributed by atoms with E-state index in [1.54, 1.807) is 40.8 Å². The molecule has 4 aliphatic heterocycles. The van der Waals surface area contributed by atoms with E-state index in [0.29, 0.717) is 13.7 Å². The number of hydrogen-bond acceptors (Lipinski definition) is 34. The lowest BCUT2D eigenvalue weighted by atomic mass is 10.0. The third kappa shape index (κ3) is 20.7. The maximum atomic E-state index is 15.9. The summed E-state index contributed by atoms with van der Waals surface area (Å²) in [6.45, 7) is 0.418. The fourth-order valence-corrected chi connectivity index (χ4v) is 11.8. The number of anilines is 4. The molecule has 0 saturated carbocycles. The van der Waals surface area contributed by atoms with E-state index in [1.807, 2.05) is 15.0 Å². The highest BCUT2D eigenvalue weighted by atomic mass is 127. The third-order valence-corrected chi connectivity index (χ3v) is 17.7. The van der Waals surface area contributed by atoms with E-state index < -0.39 is 180 Å². The molecule has 2 aromatic carbocycles. The molecule has 4 aliphatic rings. The SMILES string of the molecule is CC[C@@]1(N=[N+]=[N-])O[C@@H](n2cc(NCCOC(C)=O)c(=O)[nH]c2=O)[C@@H](F)[C@@H]1OC(C)=O.[N-]=[N+]=N[C@]1(CO)O[C@@H](n2cc(NCCO)c(=O)[nH]c2=O)[C@@H](F)[C@@H]1O.[N-]=[N+]=N[C@]1(CO)O[C@@H](n2cc(NCCO)c(N)nc2=O)[C@@H](F)[C@@H]1O.[N-]=[N+]=N[C@]1(COC(=O)c2cccc(Cl)c2)O[C@@H](n2cc(I)c(=O)[nH]c2=O)[C@@H](F)[C@@H]1OC(=O)c1ccccc1. The number of nitrogens with one attached hydrogen (secondary N) is 6. The minimum absolute atomic E-state index is 0.00616. The van der Waals surface area contributed by atoms with E-state index >= 15 is 8.78 Å². The number of alkyl halides is 4. The Labute approximate surface area is 661 Å². The number of nitrogens with zero attached hydrogens (tertiary/aromatic N) is 17. The molecule has 10 rings (SSSR count). The first-order chi connectivity index (χ1) is 55.1. The zero-order valence-electron chi connectivity index (χ0n) is 59.9. The van der Waals surface area contributed by atoms with E-state index in [2.05, 4.69) is 61.0 Å². The monoisotopic (exact) mass is 1770 g/mol. The maximum absolute atomic E-state index is 15.9. The first-order valence-corrected chi connectivity index (χ1v) is 34.7. The third-order valence-electron chi connectivity index (χ3n) is 16.7. The number of aliphatic hydroxyl groups is 6. The molecule has 4 aromatic heterocycles. The van der Waals surface area contributed by atoms with Gasteiger partial charge in [0.15, 0.2) is 73.3 Å². The second-order valence-electron chi connectivity index (χ2n) is 24.2. The summed E-state index contributed by atoms with van der Waals surface area (Å²) in [6.07, 6.45) is -19.4. The summed E-state index contributed by atoms with van der Waals surface area (Å²) in [5.41, 5.74) is 25.4. The van der Waals surface area contributed by atoms with Crippen molar-refractivity contribution in [3.63, 3.8) is 0 Å². The van der Waals surface area contributed by atoms with Gasteiger partial charge in [-0.2, -0.15) is 4.98 Å². The molecule has 8 heterocycles. The lowest BCUT2D eigenvalue weighted by molar-refractivity contribution is -0.160. The highest BCUT2D eigenvalue weighted by molar-refractivity contribution is 14.1. The first kappa shape index (κ1) is 91.2. The van der Waals surface area contributed by atoms with Crippen molar-refractivity contribution in [3.8, 4) is 0 Å². The molecule has 6 aromatic rings. The van der Waals surface area contributed by atoms with Crippen LogP contribution in [0.4, 0.5) is 40.4 Å². The molecule has 0 unspecified atom stereocenters. The van der Waals surface area contributed by atoms with Gasteiger partial charge in [0.05, 0.1) is 46.8 Å². The molecule has 14 N–H and O–H groups in total. The summed E-state index contributed by atoms with van der Waals surface area (Å²) in [5, 5.41) is 77.2. The molecule has 0 radical (unpaired) electrons. The molecule has 0 aliphatic carbocycles. The van der Waals surface area contributed by atoms with Crippen molar-refractivity contribution in [2.75, 3.05) is 81.0 Å². The van der Waals surface area contributed by atoms with Crippen molar-refractivity contribution in [1.29, 1.82) is 0 Å². The fraction of sp³-hybridized carbons (Fsp3) is 0.475. The van der Waals surface area contributed by atoms with Crippen LogP contribution in [-0.4, -0.2) is 224 Å². The van der Waals surface area contributed by atoms with Crippen LogP contribution in [0.15, 0.2) is 133 Å². The van der Waals surface area contributed by atoms with Gasteiger partial charge in [0.1, 0.15) is 36.8 Å². The van der Waals surface area contributed by atoms with Gasteiger partial charge in [-0.25, -0.2) is 46.3 Å². The molecule has 0 amide bonds. The van der Waals surface area contributed by atoms with Gasteiger partial charge >= 0.3 is 46.6 Å². The van der Waals surface area contributed by atoms with Crippen LogP contribution in [0.5, 0.6) is 0 Å². The summed E-state index contributed by atoms with van der Waals surface area (Å²) in [5.74, 6) is -3.45. The van der Waals surface area contributed by atoms with Crippen LogP contribution >= 0.6 is 34.2 Å². The molecule has 0 bridgehead atoms. The number of aromatic nitrogens is 8. The van der Waals surface area contributed by atoms with Gasteiger partial charge in [0.25, 0.3) is 16.7 Å². The number of carbonyl (C=O) groups is 4. The van der Waals surface area contributed by atoms with Gasteiger partial charge in [0, 0.05) is 82.9 Å². The number of esters is 4. The van der Waals surface area contributed by atoms with E-state index in [9.17, 15) is 87.5 Å². The van der Waals surface area contributed by atoms with Crippen LogP contribution in [0, 0.1) is 3.57 Å². The summed E-state index contributed by atoms with van der Waals surface area (Å²) < 4.78 is 105. The number of halogens is 6. The molecule has 116 heavy (non-hydrogen) atoms. The largest absolute Gasteiger partial charge is 0.464 e. The van der Waals surface area contributed by atoms with Crippen molar-refractivity contribution in [2.45, 2.75) is 124 Å². The van der Waals surface area contributed by atoms with Gasteiger partial charge in [0.2, 0.25) is 17.2 Å². The van der Waals surface area contributed by atoms with Crippen molar-refractivity contribution in [1.82, 2.24) is 38.2 Å². The van der Waals surface area contributed by atoms with Crippen molar-refractivity contribution in [3.05, 3.63) is 214 Å². The molecule has 55 heteroatoms. The lowest BCUT2D eigenvalue weighted by Gasteiger charge is -2.28. The number of aliphatic hydroxyl groups excluding tert-OH is 6. The van der Waals surface area contributed by atoms with Crippen LogP contribution in [-0.2, 0) is 47.5 Å². The predicted octanol–water partition coefficient (Wildman–Crippen LogP) is 1.10. The molecule has 4 saturated heterocycles. The number of nitrogen functional groups attached to an aromatic ring is 1. The average Bonchev–Trinajstić information content (AvgIpc) is 1.61. The van der Waals surface area contributed by atoms with Crippen molar-refractivity contribution < 1.29 is 105 Å². The summed E-state index contributed by atoms with van der Waals surface area (Å²) >= 11 is 7.54. The maximum Gasteiger partial charge on any atom is 0.351 e. The number of benzene rings is 2. The van der Waals surface area contributed by atoms with Gasteiger partial charge in [-0.15, -0.1) is 0 Å². The average molecular weight is 1780 g/mol. The topological polar surface area (TPSA) is 720 Å². The Balaban J connectivity index is 0.000000218. The molecular weight excluding hydrogens is 1710 g/mol. The van der Waals surface area contributed by atoms with Crippen LogP contribution < -0.4 is 61.1 Å². The van der Waals surface area contributed by atoms with Crippen LogP contribution in [0.1, 0.15) is 72.8 Å². The Hall–Kier alpha value is -12.0. The van der Waals surface area contributed by atoms with Crippen LogP contribution in [0.2, 0.25) is 5.02 Å². The Morgan fingerprint density at radius 3 is 1.49 bits per heavy atom. The van der Waals surface area contributed by atoms with E-state index in [1.165, 1.54) is 50.2 Å². The fourth-order valence-electron chi connectivity index (χ4n) is 11.2. The highest BCUT2D eigenvalue weighted by Gasteiger charge is 2.62. The minimum atomic E-state index is -2.43. The molecule has 49 nitrogen and oxygen atoms in total. The summed E-state index contributed by atoms with van der Waals surface area (Å²) in [6, 6.07) is 13.3. The van der Waals surface area contributed by atoms with Crippen LogP contribution in [0.25, 0.3) is 41.8 Å². The number of ether oxygens (including phenoxy) is 8. The van der Waals surface area contributed by atoms with E-state index in [-0.39, 0.29) is 88.5 Å². The highest BCUT2D eigenvalue weighted by Crippen LogP contribution is 2.46.